The average molecular weight is 600 g/mol. The van der Waals surface area contributed by atoms with Crippen LogP contribution in [0.2, 0.25) is 0 Å². The number of nitrogens with one attached hydrogen (secondary N) is 1. The molecule has 3 aromatic carbocycles. The molecule has 0 radical (unpaired) electrons. The zero-order valence-electron chi connectivity index (χ0n) is 24.8. The first-order chi connectivity index (χ1) is 19.9. The number of rotatable bonds is 13. The number of carbonyl (C=O) groups excluding carboxylic acids is 2. The number of hydrogen-bond acceptors (Lipinski definition) is 6. The van der Waals surface area contributed by atoms with Gasteiger partial charge in [-0.2, -0.15) is 0 Å². The van der Waals surface area contributed by atoms with E-state index in [9.17, 15) is 22.4 Å². The molecule has 0 unspecified atom stereocenters. The molecular formula is C31H38FN3O6S. The van der Waals surface area contributed by atoms with Gasteiger partial charge in [0, 0.05) is 24.2 Å². The Labute approximate surface area is 247 Å². The zero-order chi connectivity index (χ0) is 31.0. The fraction of sp³-hybridized carbons (Fsp3) is 0.355. The summed E-state index contributed by atoms with van der Waals surface area (Å²) in [6.07, 6.45) is 0.665. The van der Waals surface area contributed by atoms with Crippen LogP contribution in [0.5, 0.6) is 11.5 Å². The quantitative estimate of drug-likeness (QED) is 0.306. The van der Waals surface area contributed by atoms with Crippen molar-refractivity contribution >= 4 is 27.5 Å². The highest BCUT2D eigenvalue weighted by molar-refractivity contribution is 7.92. The Bertz CT molecular complexity index is 1500. The number of nitrogens with zero attached hydrogens (tertiary/aromatic N) is 2. The van der Waals surface area contributed by atoms with Crippen molar-refractivity contribution in [2.75, 3.05) is 25.1 Å². The number of benzene rings is 3. The van der Waals surface area contributed by atoms with Crippen molar-refractivity contribution < 1.29 is 31.9 Å². The van der Waals surface area contributed by atoms with Crippen LogP contribution >= 0.6 is 0 Å². The lowest BCUT2D eigenvalue weighted by Gasteiger charge is -2.33. The minimum Gasteiger partial charge on any atom is -0.497 e. The second kappa shape index (κ2) is 14.2. The Morgan fingerprint density at radius 2 is 1.64 bits per heavy atom. The van der Waals surface area contributed by atoms with Gasteiger partial charge in [0.1, 0.15) is 29.9 Å². The SMILES string of the molecule is CC[C@H](C)NC(=O)[C@@H](C)N(Cc1ccccc1F)C(=O)CN(c1cc(OC)ccc1OC)S(=O)(=O)c1ccc(C)cc1. The van der Waals surface area contributed by atoms with Crippen molar-refractivity contribution in [1.29, 1.82) is 0 Å². The summed E-state index contributed by atoms with van der Waals surface area (Å²) in [5.74, 6) is -1.19. The number of sulfonamides is 1. The molecule has 0 saturated carbocycles. The third-order valence-corrected chi connectivity index (χ3v) is 8.78. The third-order valence-electron chi connectivity index (χ3n) is 7.01. The fourth-order valence-corrected chi connectivity index (χ4v) is 5.62. The molecule has 0 heterocycles. The molecule has 0 aliphatic carbocycles. The minimum atomic E-state index is -4.33. The first-order valence-electron chi connectivity index (χ1n) is 13.6. The Morgan fingerprint density at radius 3 is 2.24 bits per heavy atom. The Balaban J connectivity index is 2.13. The number of carbonyl (C=O) groups is 2. The summed E-state index contributed by atoms with van der Waals surface area (Å²) in [5, 5.41) is 2.85. The number of hydrogen-bond donors (Lipinski definition) is 1. The fourth-order valence-electron chi connectivity index (χ4n) is 4.20. The van der Waals surface area contributed by atoms with Gasteiger partial charge in [0.2, 0.25) is 11.8 Å². The Kier molecular flexibility index (Phi) is 10.9. The summed E-state index contributed by atoms with van der Waals surface area (Å²) in [4.78, 5) is 28.4. The third kappa shape index (κ3) is 7.58. The van der Waals surface area contributed by atoms with Crippen molar-refractivity contribution in [3.8, 4) is 11.5 Å². The van der Waals surface area contributed by atoms with E-state index in [1.165, 1.54) is 68.5 Å². The Morgan fingerprint density at radius 1 is 0.976 bits per heavy atom. The van der Waals surface area contributed by atoms with Gasteiger partial charge in [-0.05, 0) is 57.5 Å². The van der Waals surface area contributed by atoms with Crippen molar-refractivity contribution in [2.24, 2.45) is 0 Å². The molecule has 3 rings (SSSR count). The smallest absolute Gasteiger partial charge is 0.264 e. The lowest BCUT2D eigenvalue weighted by molar-refractivity contribution is -0.139. The standard InChI is InChI=1S/C31H38FN3O6S/c1-7-22(3)33-31(37)23(4)34(19-24-10-8-9-11-27(24)32)30(36)20-35(28-18-25(40-5)14-17-29(28)41-6)42(38,39)26-15-12-21(2)13-16-26/h8-18,22-23H,7,19-20H2,1-6H3,(H,33,37)/t22-,23+/m0/s1. The van der Waals surface area contributed by atoms with E-state index < -0.39 is 40.2 Å². The summed E-state index contributed by atoms with van der Waals surface area (Å²) >= 11 is 0. The maximum absolute atomic E-state index is 14.7. The molecule has 3 aromatic rings. The molecule has 226 valence electrons. The van der Waals surface area contributed by atoms with E-state index in [4.69, 9.17) is 9.47 Å². The highest BCUT2D eigenvalue weighted by atomic mass is 32.2. The normalized spacial score (nSPS) is 12.6. The second-order valence-electron chi connectivity index (χ2n) is 9.97. The molecule has 0 fully saturated rings. The second-order valence-corrected chi connectivity index (χ2v) is 11.8. The van der Waals surface area contributed by atoms with Crippen molar-refractivity contribution in [3.63, 3.8) is 0 Å². The first-order valence-corrected chi connectivity index (χ1v) is 15.0. The van der Waals surface area contributed by atoms with Crippen LogP contribution in [0.15, 0.2) is 71.6 Å². The monoisotopic (exact) mass is 599 g/mol. The average Bonchev–Trinajstić information content (AvgIpc) is 2.98. The van der Waals surface area contributed by atoms with Gasteiger partial charge in [0.05, 0.1) is 24.8 Å². The van der Waals surface area contributed by atoms with Crippen molar-refractivity contribution in [3.05, 3.63) is 83.7 Å². The minimum absolute atomic E-state index is 0.0472. The topological polar surface area (TPSA) is 105 Å². The molecule has 9 nitrogen and oxygen atoms in total. The van der Waals surface area contributed by atoms with Gasteiger partial charge >= 0.3 is 0 Å². The predicted molar refractivity (Wildman–Crippen MR) is 160 cm³/mol. The van der Waals surface area contributed by atoms with Crippen LogP contribution in [0, 0.1) is 12.7 Å². The number of aryl methyl sites for hydroxylation is 1. The molecule has 0 bridgehead atoms. The van der Waals surface area contributed by atoms with Crippen LogP contribution in [-0.4, -0.2) is 58.0 Å². The van der Waals surface area contributed by atoms with Gasteiger partial charge in [-0.25, -0.2) is 12.8 Å². The molecule has 2 atom stereocenters. The van der Waals surface area contributed by atoms with Gasteiger partial charge in [-0.15, -0.1) is 0 Å². The van der Waals surface area contributed by atoms with Crippen molar-refractivity contribution in [2.45, 2.75) is 57.6 Å². The van der Waals surface area contributed by atoms with Gasteiger partial charge in [-0.1, -0.05) is 42.8 Å². The predicted octanol–water partition coefficient (Wildman–Crippen LogP) is 4.68. The molecule has 0 aliphatic rings. The van der Waals surface area contributed by atoms with Crippen LogP contribution in [0.4, 0.5) is 10.1 Å². The van der Waals surface area contributed by atoms with Gasteiger partial charge in [-0.3, -0.25) is 13.9 Å². The molecule has 0 aliphatic heterocycles. The van der Waals surface area contributed by atoms with E-state index in [0.717, 1.165) is 9.87 Å². The van der Waals surface area contributed by atoms with Gasteiger partial charge in [0.15, 0.2) is 0 Å². The van der Waals surface area contributed by atoms with Crippen LogP contribution < -0.4 is 19.1 Å². The molecule has 0 saturated heterocycles. The summed E-state index contributed by atoms with van der Waals surface area (Å²) in [6.45, 7) is 6.14. The van der Waals surface area contributed by atoms with E-state index in [1.54, 1.807) is 24.3 Å². The van der Waals surface area contributed by atoms with Crippen LogP contribution in [0.1, 0.15) is 38.3 Å². The molecule has 2 amide bonds. The van der Waals surface area contributed by atoms with Crippen LogP contribution in [0.25, 0.3) is 0 Å². The molecule has 42 heavy (non-hydrogen) atoms. The van der Waals surface area contributed by atoms with Crippen molar-refractivity contribution in [1.82, 2.24) is 10.2 Å². The lowest BCUT2D eigenvalue weighted by Crippen LogP contribution is -2.52. The van der Waals surface area contributed by atoms with Crippen LogP contribution in [-0.2, 0) is 26.2 Å². The number of methoxy groups -OCH3 is 2. The molecular weight excluding hydrogens is 561 g/mol. The summed E-state index contributed by atoms with van der Waals surface area (Å²) < 4.78 is 54.6. The van der Waals surface area contributed by atoms with E-state index >= 15 is 0 Å². The number of halogens is 1. The maximum atomic E-state index is 14.7. The largest absolute Gasteiger partial charge is 0.497 e. The molecule has 11 heteroatoms. The van der Waals surface area contributed by atoms with Crippen LogP contribution in [0.3, 0.4) is 0 Å². The lowest BCUT2D eigenvalue weighted by atomic mass is 10.1. The number of anilines is 1. The van der Waals surface area contributed by atoms with Gasteiger partial charge < -0.3 is 19.7 Å². The first kappa shape index (κ1) is 32.4. The maximum Gasteiger partial charge on any atom is 0.264 e. The molecule has 0 aromatic heterocycles. The number of amides is 2. The van der Waals surface area contributed by atoms with Gasteiger partial charge in [0.25, 0.3) is 10.0 Å². The van der Waals surface area contributed by atoms with E-state index in [-0.39, 0.29) is 34.5 Å². The van der Waals surface area contributed by atoms with E-state index in [1.807, 2.05) is 20.8 Å². The number of ether oxygens (including phenoxy) is 2. The summed E-state index contributed by atoms with van der Waals surface area (Å²) in [6, 6.07) is 15.5. The summed E-state index contributed by atoms with van der Waals surface area (Å²) in [7, 11) is -1.51. The molecule has 0 spiro atoms. The van der Waals surface area contributed by atoms with E-state index in [2.05, 4.69) is 5.32 Å². The molecule has 1 N–H and O–H groups in total. The summed E-state index contributed by atoms with van der Waals surface area (Å²) in [5.41, 5.74) is 1.10. The Hall–Kier alpha value is -4.12. The highest BCUT2D eigenvalue weighted by Gasteiger charge is 2.34. The van der Waals surface area contributed by atoms with E-state index in [0.29, 0.717) is 12.2 Å². The highest BCUT2D eigenvalue weighted by Crippen LogP contribution is 2.36. The zero-order valence-corrected chi connectivity index (χ0v) is 25.6.